The van der Waals surface area contributed by atoms with E-state index in [2.05, 4.69) is 68.6 Å². The fraction of sp³-hybridized carbons (Fsp3) is 0.357. The molecule has 1 saturated heterocycles. The van der Waals surface area contributed by atoms with E-state index in [1.54, 1.807) is 6.20 Å². The number of pyridine rings is 2. The van der Waals surface area contributed by atoms with Gasteiger partial charge in [-0.2, -0.15) is 0 Å². The largest absolute Gasteiger partial charge is 0.356 e. The van der Waals surface area contributed by atoms with E-state index in [0.29, 0.717) is 18.2 Å². The Hall–Kier alpha value is -3.56. The number of carbonyl (C=O) groups excluding carboxylic acids is 1. The predicted octanol–water partition coefficient (Wildman–Crippen LogP) is 4.91. The van der Waals surface area contributed by atoms with Gasteiger partial charge in [0.25, 0.3) is 0 Å². The van der Waals surface area contributed by atoms with Gasteiger partial charge in [0.15, 0.2) is 5.13 Å². The molecule has 4 heterocycles. The average Bonchev–Trinajstić information content (AvgIpc) is 3.31. The van der Waals surface area contributed by atoms with Crippen molar-refractivity contribution in [3.63, 3.8) is 0 Å². The second kappa shape index (κ2) is 11.2. The molecule has 0 spiro atoms. The number of benzene rings is 1. The third-order valence-corrected chi connectivity index (χ3v) is 7.74. The highest BCUT2D eigenvalue weighted by atomic mass is 32.1. The SMILES string of the molecule is Cc1ccc(N(C)c2ccc3nc(Nc4ccc(CC(=O)NCC5CCN(C)CC5)cn4)sc3n2)cc1. The van der Waals surface area contributed by atoms with Crippen LogP contribution in [0.3, 0.4) is 0 Å². The molecule has 3 aromatic heterocycles. The van der Waals surface area contributed by atoms with Gasteiger partial charge in [0.2, 0.25) is 5.91 Å². The summed E-state index contributed by atoms with van der Waals surface area (Å²) in [6.45, 7) is 5.05. The van der Waals surface area contributed by atoms with Crippen LogP contribution in [0.25, 0.3) is 10.3 Å². The van der Waals surface area contributed by atoms with Crippen molar-refractivity contribution < 1.29 is 4.79 Å². The minimum Gasteiger partial charge on any atom is -0.356 e. The van der Waals surface area contributed by atoms with Gasteiger partial charge >= 0.3 is 0 Å². The molecule has 37 heavy (non-hydrogen) atoms. The number of hydrogen-bond acceptors (Lipinski definition) is 8. The molecule has 1 fully saturated rings. The number of hydrogen-bond donors (Lipinski definition) is 2. The number of piperidine rings is 1. The Morgan fingerprint density at radius 3 is 2.59 bits per heavy atom. The van der Waals surface area contributed by atoms with Crippen molar-refractivity contribution in [1.82, 2.24) is 25.2 Å². The number of likely N-dealkylation sites (tertiary alicyclic amines) is 1. The van der Waals surface area contributed by atoms with Crippen LogP contribution in [0.4, 0.5) is 22.5 Å². The molecular formula is C28H33N7OS. The zero-order valence-corrected chi connectivity index (χ0v) is 22.4. The van der Waals surface area contributed by atoms with Gasteiger partial charge in [0, 0.05) is 25.5 Å². The van der Waals surface area contributed by atoms with Gasteiger partial charge in [-0.05, 0) is 81.7 Å². The minimum atomic E-state index is 0.0464. The van der Waals surface area contributed by atoms with Gasteiger partial charge in [0.1, 0.15) is 22.0 Å². The summed E-state index contributed by atoms with van der Waals surface area (Å²) < 4.78 is 0. The van der Waals surface area contributed by atoms with Crippen LogP contribution in [-0.2, 0) is 11.2 Å². The number of rotatable bonds is 8. The number of aromatic nitrogens is 3. The van der Waals surface area contributed by atoms with Crippen LogP contribution in [0, 0.1) is 12.8 Å². The molecule has 0 saturated carbocycles. The monoisotopic (exact) mass is 515 g/mol. The number of fused-ring (bicyclic) bond motifs is 1. The Bertz CT molecular complexity index is 1350. The first-order valence-corrected chi connectivity index (χ1v) is 13.5. The summed E-state index contributed by atoms with van der Waals surface area (Å²) in [6, 6.07) is 16.2. The summed E-state index contributed by atoms with van der Waals surface area (Å²) >= 11 is 1.49. The Balaban J connectivity index is 1.17. The number of aryl methyl sites for hydroxylation is 1. The molecule has 1 aromatic carbocycles. The highest BCUT2D eigenvalue weighted by Crippen LogP contribution is 2.30. The predicted molar refractivity (Wildman–Crippen MR) is 151 cm³/mol. The quantitative estimate of drug-likeness (QED) is 0.345. The molecule has 2 N–H and O–H groups in total. The first kappa shape index (κ1) is 25.1. The van der Waals surface area contributed by atoms with E-state index in [-0.39, 0.29) is 5.91 Å². The lowest BCUT2D eigenvalue weighted by Gasteiger charge is -2.28. The number of nitrogens with zero attached hydrogens (tertiary/aromatic N) is 5. The van der Waals surface area contributed by atoms with Crippen molar-refractivity contribution in [2.75, 3.05) is 43.9 Å². The van der Waals surface area contributed by atoms with Crippen LogP contribution in [0.2, 0.25) is 0 Å². The van der Waals surface area contributed by atoms with Crippen molar-refractivity contribution in [2.24, 2.45) is 5.92 Å². The van der Waals surface area contributed by atoms with Gasteiger partial charge in [-0.15, -0.1) is 0 Å². The molecule has 0 aliphatic carbocycles. The van der Waals surface area contributed by atoms with Crippen molar-refractivity contribution >= 4 is 50.0 Å². The van der Waals surface area contributed by atoms with Gasteiger partial charge in [-0.3, -0.25) is 4.79 Å². The fourth-order valence-corrected chi connectivity index (χ4v) is 5.27. The van der Waals surface area contributed by atoms with Crippen LogP contribution in [0.5, 0.6) is 0 Å². The van der Waals surface area contributed by atoms with E-state index < -0.39 is 0 Å². The van der Waals surface area contributed by atoms with Gasteiger partial charge in [-0.1, -0.05) is 35.1 Å². The number of nitrogens with one attached hydrogen (secondary N) is 2. The van der Waals surface area contributed by atoms with Crippen molar-refractivity contribution in [2.45, 2.75) is 26.2 Å². The van der Waals surface area contributed by atoms with Gasteiger partial charge in [-0.25, -0.2) is 15.0 Å². The molecule has 0 atom stereocenters. The molecule has 0 radical (unpaired) electrons. The molecule has 1 amide bonds. The van der Waals surface area contributed by atoms with E-state index in [4.69, 9.17) is 4.98 Å². The first-order chi connectivity index (χ1) is 17.9. The minimum absolute atomic E-state index is 0.0464. The van der Waals surface area contributed by atoms with E-state index in [9.17, 15) is 4.79 Å². The summed E-state index contributed by atoms with van der Waals surface area (Å²) in [6.07, 6.45) is 4.37. The maximum absolute atomic E-state index is 12.4. The van der Waals surface area contributed by atoms with Gasteiger partial charge in [0.05, 0.1) is 6.42 Å². The van der Waals surface area contributed by atoms with E-state index in [1.165, 1.54) is 16.9 Å². The standard InChI is InChI=1S/C28H33N7OS/c1-19-4-7-22(8-5-19)35(3)25-11-9-23-27(33-25)37-28(31-23)32-24-10-6-21(18-29-24)16-26(36)30-17-20-12-14-34(2)15-13-20/h4-11,18,20H,12-17H2,1-3H3,(H,30,36)(H,29,31,32). The lowest BCUT2D eigenvalue weighted by molar-refractivity contribution is -0.120. The summed E-state index contributed by atoms with van der Waals surface area (Å²) in [4.78, 5) is 31.6. The maximum atomic E-state index is 12.4. The molecule has 4 aromatic rings. The Morgan fingerprint density at radius 2 is 1.86 bits per heavy atom. The Kier molecular flexibility index (Phi) is 7.62. The fourth-order valence-electron chi connectivity index (χ4n) is 4.43. The van der Waals surface area contributed by atoms with Crippen molar-refractivity contribution in [1.29, 1.82) is 0 Å². The molecular weight excluding hydrogens is 482 g/mol. The third-order valence-electron chi connectivity index (χ3n) is 6.86. The van der Waals surface area contributed by atoms with Crippen LogP contribution < -0.4 is 15.5 Å². The molecule has 0 unspecified atom stereocenters. The normalized spacial score (nSPS) is 14.6. The highest BCUT2D eigenvalue weighted by Gasteiger charge is 2.17. The number of anilines is 4. The highest BCUT2D eigenvalue weighted by molar-refractivity contribution is 7.21. The number of thiazole rings is 1. The zero-order chi connectivity index (χ0) is 25.8. The van der Waals surface area contributed by atoms with Crippen LogP contribution in [0.1, 0.15) is 24.0 Å². The summed E-state index contributed by atoms with van der Waals surface area (Å²) in [5.74, 6) is 2.17. The van der Waals surface area contributed by atoms with E-state index in [1.807, 2.05) is 31.3 Å². The summed E-state index contributed by atoms with van der Waals surface area (Å²) in [5, 5.41) is 7.09. The molecule has 9 heteroatoms. The second-order valence-corrected chi connectivity index (χ2v) is 10.8. The topological polar surface area (TPSA) is 86.3 Å². The average molecular weight is 516 g/mol. The van der Waals surface area contributed by atoms with Crippen molar-refractivity contribution in [3.8, 4) is 0 Å². The zero-order valence-electron chi connectivity index (χ0n) is 21.6. The van der Waals surface area contributed by atoms with E-state index >= 15 is 0 Å². The molecule has 1 aliphatic heterocycles. The van der Waals surface area contributed by atoms with Gasteiger partial charge < -0.3 is 20.4 Å². The molecule has 192 valence electrons. The molecule has 1 aliphatic rings. The van der Waals surface area contributed by atoms with E-state index in [0.717, 1.165) is 65.0 Å². The Morgan fingerprint density at radius 1 is 1.08 bits per heavy atom. The van der Waals surface area contributed by atoms with Crippen molar-refractivity contribution in [3.05, 3.63) is 65.9 Å². The summed E-state index contributed by atoms with van der Waals surface area (Å²) in [5.41, 5.74) is 4.04. The number of carbonyl (C=O) groups is 1. The number of amides is 1. The second-order valence-electron chi connectivity index (χ2n) is 9.81. The lowest BCUT2D eigenvalue weighted by atomic mass is 9.97. The first-order valence-electron chi connectivity index (χ1n) is 12.7. The van der Waals surface area contributed by atoms with Crippen LogP contribution in [0.15, 0.2) is 54.7 Å². The molecule has 0 bridgehead atoms. The lowest BCUT2D eigenvalue weighted by Crippen LogP contribution is -2.37. The smallest absolute Gasteiger partial charge is 0.224 e. The third kappa shape index (κ3) is 6.42. The molecule has 5 rings (SSSR count). The molecule has 8 nitrogen and oxygen atoms in total. The maximum Gasteiger partial charge on any atom is 0.224 e. The van der Waals surface area contributed by atoms with Crippen LogP contribution >= 0.6 is 11.3 Å². The van der Waals surface area contributed by atoms with Crippen LogP contribution in [-0.4, -0.2) is 59.5 Å². The summed E-state index contributed by atoms with van der Waals surface area (Å²) in [7, 11) is 4.16. The Labute approximate surface area is 221 Å².